The summed E-state index contributed by atoms with van der Waals surface area (Å²) in [5, 5.41) is 0.811. The molecule has 0 saturated heterocycles. The number of hydrogen-bond donors (Lipinski definition) is 1. The standard InChI is InChI=1S/C11H10N2OS2/c1-2-13-10(14)8-6-4-3-5-7(6)16-9(8)12-11(13)15/h2H,1,3-5H2,(H,12,15). The van der Waals surface area contributed by atoms with E-state index in [1.54, 1.807) is 11.3 Å². The van der Waals surface area contributed by atoms with Gasteiger partial charge in [0.25, 0.3) is 5.56 Å². The molecule has 2 aromatic heterocycles. The summed E-state index contributed by atoms with van der Waals surface area (Å²) in [5.41, 5.74) is 1.18. The number of fused-ring (bicyclic) bond motifs is 3. The lowest BCUT2D eigenvalue weighted by atomic mass is 10.2. The van der Waals surface area contributed by atoms with Gasteiger partial charge < -0.3 is 4.98 Å². The number of H-pyrrole nitrogens is 1. The summed E-state index contributed by atoms with van der Waals surface area (Å²) in [5.74, 6) is 0. The lowest BCUT2D eigenvalue weighted by Crippen LogP contribution is -2.17. The van der Waals surface area contributed by atoms with Gasteiger partial charge >= 0.3 is 0 Å². The number of aryl methyl sites for hydroxylation is 2. The van der Waals surface area contributed by atoms with Gasteiger partial charge in [0.15, 0.2) is 4.77 Å². The molecule has 16 heavy (non-hydrogen) atoms. The summed E-state index contributed by atoms with van der Waals surface area (Å²) in [6.45, 7) is 3.62. The zero-order valence-corrected chi connectivity index (χ0v) is 10.2. The predicted octanol–water partition coefficient (Wildman–Crippen LogP) is 2.71. The third kappa shape index (κ3) is 1.18. The molecular weight excluding hydrogens is 240 g/mol. The molecule has 0 aromatic carbocycles. The smallest absolute Gasteiger partial charge is 0.267 e. The number of hydrogen-bond acceptors (Lipinski definition) is 3. The molecule has 1 aliphatic carbocycles. The molecule has 0 radical (unpaired) electrons. The number of rotatable bonds is 1. The quantitative estimate of drug-likeness (QED) is 0.790. The molecule has 0 unspecified atom stereocenters. The van der Waals surface area contributed by atoms with Crippen LogP contribution in [0.3, 0.4) is 0 Å². The average molecular weight is 250 g/mol. The van der Waals surface area contributed by atoms with Gasteiger partial charge in [0.1, 0.15) is 4.83 Å². The van der Waals surface area contributed by atoms with Gasteiger partial charge in [0, 0.05) is 11.1 Å². The minimum atomic E-state index is -0.0341. The van der Waals surface area contributed by atoms with Crippen LogP contribution in [0.25, 0.3) is 16.4 Å². The fraction of sp³-hybridized carbons (Fsp3) is 0.273. The van der Waals surface area contributed by atoms with Crippen molar-refractivity contribution in [1.82, 2.24) is 9.55 Å². The van der Waals surface area contributed by atoms with Crippen LogP contribution in [0.2, 0.25) is 0 Å². The number of nitrogens with one attached hydrogen (secondary N) is 1. The van der Waals surface area contributed by atoms with Crippen molar-refractivity contribution in [2.45, 2.75) is 19.3 Å². The number of aromatic amines is 1. The lowest BCUT2D eigenvalue weighted by Gasteiger charge is -2.00. The van der Waals surface area contributed by atoms with Gasteiger partial charge in [-0.15, -0.1) is 11.3 Å². The Hall–Kier alpha value is -1.20. The van der Waals surface area contributed by atoms with Gasteiger partial charge in [-0.1, -0.05) is 6.58 Å². The second kappa shape index (κ2) is 3.40. The molecule has 5 heteroatoms. The monoisotopic (exact) mass is 250 g/mol. The molecule has 0 amide bonds. The molecule has 3 nitrogen and oxygen atoms in total. The van der Waals surface area contributed by atoms with Crippen LogP contribution in [0.4, 0.5) is 0 Å². The maximum absolute atomic E-state index is 12.2. The lowest BCUT2D eigenvalue weighted by molar-refractivity contribution is 0.914. The van der Waals surface area contributed by atoms with Gasteiger partial charge in [0.2, 0.25) is 0 Å². The number of thiophene rings is 1. The Labute approximate surface area is 101 Å². The van der Waals surface area contributed by atoms with Crippen LogP contribution in [0.15, 0.2) is 11.4 Å². The molecular formula is C11H10N2OS2. The molecule has 0 spiro atoms. The predicted molar refractivity (Wildman–Crippen MR) is 69.7 cm³/mol. The first kappa shape index (κ1) is 9.99. The van der Waals surface area contributed by atoms with E-state index in [1.807, 2.05) is 0 Å². The zero-order chi connectivity index (χ0) is 11.3. The fourth-order valence-corrected chi connectivity index (χ4v) is 3.86. The summed E-state index contributed by atoms with van der Waals surface area (Å²) in [4.78, 5) is 17.6. The number of nitrogens with zero attached hydrogens (tertiary/aromatic N) is 1. The molecule has 2 aromatic rings. The van der Waals surface area contributed by atoms with E-state index in [-0.39, 0.29) is 5.56 Å². The first-order chi connectivity index (χ1) is 7.72. The van der Waals surface area contributed by atoms with Crippen LogP contribution < -0.4 is 5.56 Å². The third-order valence-corrected chi connectivity index (χ3v) is 4.48. The van der Waals surface area contributed by atoms with Crippen molar-refractivity contribution < 1.29 is 0 Å². The topological polar surface area (TPSA) is 37.8 Å². The molecule has 0 atom stereocenters. The highest BCUT2D eigenvalue weighted by atomic mass is 32.1. The Balaban J connectivity index is 2.55. The van der Waals surface area contributed by atoms with Crippen LogP contribution in [-0.2, 0) is 12.8 Å². The molecule has 82 valence electrons. The molecule has 0 aliphatic heterocycles. The van der Waals surface area contributed by atoms with E-state index in [0.717, 1.165) is 29.5 Å². The summed E-state index contributed by atoms with van der Waals surface area (Å²) < 4.78 is 1.83. The molecule has 3 rings (SSSR count). The van der Waals surface area contributed by atoms with Gasteiger partial charge in [-0.25, -0.2) is 0 Å². The molecule has 0 bridgehead atoms. The second-order valence-corrected chi connectivity index (χ2v) is 5.34. The van der Waals surface area contributed by atoms with E-state index in [9.17, 15) is 4.79 Å². The van der Waals surface area contributed by atoms with Crippen molar-refractivity contribution in [3.63, 3.8) is 0 Å². The van der Waals surface area contributed by atoms with E-state index in [4.69, 9.17) is 12.2 Å². The maximum atomic E-state index is 12.2. The van der Waals surface area contributed by atoms with Crippen molar-refractivity contribution in [3.05, 3.63) is 32.1 Å². The van der Waals surface area contributed by atoms with Crippen molar-refractivity contribution >= 4 is 40.0 Å². The highest BCUT2D eigenvalue weighted by Gasteiger charge is 2.20. The summed E-state index contributed by atoms with van der Waals surface area (Å²) >= 11 is 6.78. The van der Waals surface area contributed by atoms with Gasteiger partial charge in [-0.05, 0) is 37.0 Å². The van der Waals surface area contributed by atoms with Crippen LogP contribution in [0.1, 0.15) is 16.9 Å². The summed E-state index contributed by atoms with van der Waals surface area (Å²) in [6, 6.07) is 0. The van der Waals surface area contributed by atoms with E-state index >= 15 is 0 Å². The molecule has 0 fully saturated rings. The normalized spacial score (nSPS) is 14.2. The van der Waals surface area contributed by atoms with Crippen molar-refractivity contribution in [3.8, 4) is 0 Å². The Morgan fingerprint density at radius 2 is 2.31 bits per heavy atom. The van der Waals surface area contributed by atoms with Gasteiger partial charge in [-0.3, -0.25) is 9.36 Å². The highest BCUT2D eigenvalue weighted by molar-refractivity contribution is 7.71. The Kier molecular flexibility index (Phi) is 2.12. The van der Waals surface area contributed by atoms with Gasteiger partial charge in [0.05, 0.1) is 5.39 Å². The van der Waals surface area contributed by atoms with Crippen LogP contribution in [0.5, 0.6) is 0 Å². The molecule has 2 heterocycles. The summed E-state index contributed by atoms with van der Waals surface area (Å²) in [6.07, 6.45) is 4.72. The molecule has 1 N–H and O–H groups in total. The minimum Gasteiger partial charge on any atom is -0.323 e. The Morgan fingerprint density at radius 3 is 3.06 bits per heavy atom. The fourth-order valence-electron chi connectivity index (χ4n) is 2.25. The van der Waals surface area contributed by atoms with Crippen molar-refractivity contribution in [2.75, 3.05) is 0 Å². The van der Waals surface area contributed by atoms with E-state index < -0.39 is 0 Å². The van der Waals surface area contributed by atoms with Crippen molar-refractivity contribution in [2.24, 2.45) is 0 Å². The Bertz CT molecular complexity index is 705. The van der Waals surface area contributed by atoms with Crippen LogP contribution in [-0.4, -0.2) is 9.55 Å². The minimum absolute atomic E-state index is 0.0341. The van der Waals surface area contributed by atoms with E-state index in [2.05, 4.69) is 11.6 Å². The first-order valence-corrected chi connectivity index (χ1v) is 6.36. The molecule has 0 saturated carbocycles. The third-order valence-electron chi connectivity index (χ3n) is 2.98. The van der Waals surface area contributed by atoms with E-state index in [1.165, 1.54) is 21.2 Å². The maximum Gasteiger partial charge on any atom is 0.267 e. The van der Waals surface area contributed by atoms with Crippen molar-refractivity contribution in [1.29, 1.82) is 0 Å². The highest BCUT2D eigenvalue weighted by Crippen LogP contribution is 2.34. The zero-order valence-electron chi connectivity index (χ0n) is 8.58. The first-order valence-electron chi connectivity index (χ1n) is 5.14. The molecule has 1 aliphatic rings. The van der Waals surface area contributed by atoms with Crippen LogP contribution >= 0.6 is 23.6 Å². The summed E-state index contributed by atoms with van der Waals surface area (Å²) in [7, 11) is 0. The largest absolute Gasteiger partial charge is 0.323 e. The van der Waals surface area contributed by atoms with Gasteiger partial charge in [-0.2, -0.15) is 0 Å². The second-order valence-electron chi connectivity index (χ2n) is 3.85. The average Bonchev–Trinajstić information content (AvgIpc) is 2.76. The Morgan fingerprint density at radius 1 is 1.50 bits per heavy atom. The SMILES string of the molecule is C=Cn1c(=S)[nH]c2sc3c(c2c1=O)CCC3. The number of aromatic nitrogens is 2. The van der Waals surface area contributed by atoms with Crippen LogP contribution in [0, 0.1) is 4.77 Å². The van der Waals surface area contributed by atoms with E-state index in [0.29, 0.717) is 4.77 Å².